The van der Waals surface area contributed by atoms with Crippen LogP contribution in [0.15, 0.2) is 24.3 Å². The third-order valence-corrected chi connectivity index (χ3v) is 4.63. The highest BCUT2D eigenvalue weighted by molar-refractivity contribution is 5.71. The Balaban J connectivity index is 1.79. The van der Waals surface area contributed by atoms with Gasteiger partial charge >= 0.3 is 5.97 Å². The van der Waals surface area contributed by atoms with E-state index in [9.17, 15) is 9.90 Å². The molecule has 1 heterocycles. The van der Waals surface area contributed by atoms with Crippen LogP contribution in [0.25, 0.3) is 0 Å². The zero-order valence-electron chi connectivity index (χ0n) is 11.2. The SMILES string of the molecule is O=C(O)C1CCCCCC1N1Cc2ccccc2C1. The predicted molar refractivity (Wildman–Crippen MR) is 73.7 cm³/mol. The summed E-state index contributed by atoms with van der Waals surface area (Å²) in [6.07, 6.45) is 5.29. The summed E-state index contributed by atoms with van der Waals surface area (Å²) < 4.78 is 0. The largest absolute Gasteiger partial charge is 0.481 e. The van der Waals surface area contributed by atoms with Gasteiger partial charge in [0, 0.05) is 19.1 Å². The normalized spacial score (nSPS) is 27.8. The second-order valence-corrected chi connectivity index (χ2v) is 5.82. The highest BCUT2D eigenvalue weighted by Crippen LogP contribution is 2.33. The quantitative estimate of drug-likeness (QED) is 0.830. The maximum atomic E-state index is 11.5. The average molecular weight is 259 g/mol. The van der Waals surface area contributed by atoms with E-state index in [0.29, 0.717) is 0 Å². The van der Waals surface area contributed by atoms with Crippen molar-refractivity contribution in [2.45, 2.75) is 51.2 Å². The van der Waals surface area contributed by atoms with Crippen molar-refractivity contribution in [3.8, 4) is 0 Å². The first-order chi connectivity index (χ1) is 9.25. The molecule has 3 heteroatoms. The number of carbonyl (C=O) groups is 1. The molecule has 3 rings (SSSR count). The molecule has 1 saturated carbocycles. The molecule has 0 saturated heterocycles. The topological polar surface area (TPSA) is 40.5 Å². The lowest BCUT2D eigenvalue weighted by atomic mass is 9.93. The first-order valence-electron chi connectivity index (χ1n) is 7.29. The Morgan fingerprint density at radius 3 is 2.32 bits per heavy atom. The Morgan fingerprint density at radius 2 is 1.68 bits per heavy atom. The second-order valence-electron chi connectivity index (χ2n) is 5.82. The molecular weight excluding hydrogens is 238 g/mol. The van der Waals surface area contributed by atoms with Crippen molar-refractivity contribution in [1.82, 2.24) is 4.90 Å². The Bertz CT molecular complexity index is 447. The molecule has 0 radical (unpaired) electrons. The van der Waals surface area contributed by atoms with E-state index in [4.69, 9.17) is 0 Å². The number of carboxylic acid groups (broad SMARTS) is 1. The van der Waals surface area contributed by atoms with E-state index in [0.717, 1.165) is 32.4 Å². The lowest BCUT2D eigenvalue weighted by Gasteiger charge is -2.31. The zero-order valence-corrected chi connectivity index (χ0v) is 11.2. The molecular formula is C16H21NO2. The van der Waals surface area contributed by atoms with Crippen molar-refractivity contribution in [1.29, 1.82) is 0 Å². The summed E-state index contributed by atoms with van der Waals surface area (Å²) in [5.74, 6) is -0.792. The van der Waals surface area contributed by atoms with Crippen LogP contribution in [0.1, 0.15) is 43.2 Å². The smallest absolute Gasteiger partial charge is 0.308 e. The summed E-state index contributed by atoms with van der Waals surface area (Å²) in [4.78, 5) is 13.9. The Morgan fingerprint density at radius 1 is 1.05 bits per heavy atom. The molecule has 0 amide bonds. The van der Waals surface area contributed by atoms with Crippen molar-refractivity contribution in [3.05, 3.63) is 35.4 Å². The van der Waals surface area contributed by atoms with Gasteiger partial charge in [-0.15, -0.1) is 0 Å². The summed E-state index contributed by atoms with van der Waals surface area (Å²) in [5, 5.41) is 9.48. The molecule has 1 aromatic carbocycles. The van der Waals surface area contributed by atoms with Crippen LogP contribution in [0, 0.1) is 5.92 Å². The summed E-state index contributed by atoms with van der Waals surface area (Å²) in [5.41, 5.74) is 2.74. The number of fused-ring (bicyclic) bond motifs is 1. The van der Waals surface area contributed by atoms with E-state index in [-0.39, 0.29) is 12.0 Å². The van der Waals surface area contributed by atoms with Gasteiger partial charge < -0.3 is 5.11 Å². The fourth-order valence-corrected chi connectivity index (χ4v) is 3.61. The summed E-state index contributed by atoms with van der Waals surface area (Å²) in [6.45, 7) is 1.84. The maximum Gasteiger partial charge on any atom is 0.308 e. The van der Waals surface area contributed by atoms with Gasteiger partial charge in [-0.2, -0.15) is 0 Å². The van der Waals surface area contributed by atoms with E-state index in [1.807, 2.05) is 0 Å². The third-order valence-electron chi connectivity index (χ3n) is 4.63. The Hall–Kier alpha value is -1.35. The third kappa shape index (κ3) is 2.52. The number of hydrogen-bond donors (Lipinski definition) is 1. The Labute approximate surface area is 114 Å². The molecule has 1 aliphatic heterocycles. The molecule has 1 N–H and O–H groups in total. The molecule has 2 unspecified atom stereocenters. The van der Waals surface area contributed by atoms with Gasteiger partial charge in [0.25, 0.3) is 0 Å². The van der Waals surface area contributed by atoms with E-state index in [1.165, 1.54) is 24.0 Å². The standard InChI is InChI=1S/C16H21NO2/c18-16(19)14-8-2-1-3-9-15(14)17-10-12-6-4-5-7-13(12)11-17/h4-7,14-15H,1-3,8-11H2,(H,18,19). The number of aliphatic carboxylic acids is 1. The second kappa shape index (κ2) is 5.33. The fourth-order valence-electron chi connectivity index (χ4n) is 3.61. The van der Waals surface area contributed by atoms with Crippen molar-refractivity contribution in [3.63, 3.8) is 0 Å². The highest BCUT2D eigenvalue weighted by Gasteiger charge is 2.35. The predicted octanol–water partition coefficient (Wildman–Crippen LogP) is 3.04. The first kappa shape index (κ1) is 12.7. The molecule has 0 spiro atoms. The van der Waals surface area contributed by atoms with Gasteiger partial charge in [0.05, 0.1) is 5.92 Å². The minimum absolute atomic E-state index is 0.184. The van der Waals surface area contributed by atoms with Crippen LogP contribution < -0.4 is 0 Å². The molecule has 1 aliphatic carbocycles. The van der Waals surface area contributed by atoms with E-state index < -0.39 is 5.97 Å². The van der Waals surface area contributed by atoms with Gasteiger partial charge in [0.15, 0.2) is 0 Å². The lowest BCUT2D eigenvalue weighted by Crippen LogP contribution is -2.40. The van der Waals surface area contributed by atoms with E-state index >= 15 is 0 Å². The zero-order chi connectivity index (χ0) is 13.2. The molecule has 3 nitrogen and oxygen atoms in total. The molecule has 102 valence electrons. The molecule has 2 aliphatic rings. The number of rotatable bonds is 2. The molecule has 19 heavy (non-hydrogen) atoms. The average Bonchev–Trinajstić information content (AvgIpc) is 2.66. The van der Waals surface area contributed by atoms with Gasteiger partial charge in [-0.3, -0.25) is 9.69 Å². The van der Waals surface area contributed by atoms with Crippen LogP contribution in [0.4, 0.5) is 0 Å². The van der Waals surface area contributed by atoms with Crippen molar-refractivity contribution in [2.75, 3.05) is 0 Å². The van der Waals surface area contributed by atoms with Gasteiger partial charge in [0.1, 0.15) is 0 Å². The number of nitrogens with zero attached hydrogens (tertiary/aromatic N) is 1. The molecule has 1 aromatic rings. The summed E-state index contributed by atoms with van der Waals surface area (Å²) >= 11 is 0. The molecule has 2 atom stereocenters. The van der Waals surface area contributed by atoms with Crippen LogP contribution in [-0.2, 0) is 17.9 Å². The Kier molecular flexibility index (Phi) is 3.56. The van der Waals surface area contributed by atoms with Crippen molar-refractivity contribution >= 4 is 5.97 Å². The van der Waals surface area contributed by atoms with Crippen LogP contribution in [-0.4, -0.2) is 22.0 Å². The van der Waals surface area contributed by atoms with E-state index in [2.05, 4.69) is 29.2 Å². The lowest BCUT2D eigenvalue weighted by molar-refractivity contribution is -0.144. The van der Waals surface area contributed by atoms with Crippen molar-refractivity contribution < 1.29 is 9.90 Å². The molecule has 0 aromatic heterocycles. The van der Waals surface area contributed by atoms with Crippen LogP contribution >= 0.6 is 0 Å². The van der Waals surface area contributed by atoms with Gasteiger partial charge in [-0.05, 0) is 24.0 Å². The minimum atomic E-state index is -0.608. The summed E-state index contributed by atoms with van der Waals surface area (Å²) in [7, 11) is 0. The van der Waals surface area contributed by atoms with Crippen LogP contribution in [0.2, 0.25) is 0 Å². The van der Waals surface area contributed by atoms with Crippen LogP contribution in [0.3, 0.4) is 0 Å². The van der Waals surface area contributed by atoms with Crippen LogP contribution in [0.5, 0.6) is 0 Å². The highest BCUT2D eigenvalue weighted by atomic mass is 16.4. The maximum absolute atomic E-state index is 11.5. The first-order valence-corrected chi connectivity index (χ1v) is 7.29. The van der Waals surface area contributed by atoms with Gasteiger partial charge in [-0.25, -0.2) is 0 Å². The van der Waals surface area contributed by atoms with Gasteiger partial charge in [0.2, 0.25) is 0 Å². The monoisotopic (exact) mass is 259 g/mol. The summed E-state index contributed by atoms with van der Waals surface area (Å²) in [6, 6.07) is 8.70. The minimum Gasteiger partial charge on any atom is -0.481 e. The van der Waals surface area contributed by atoms with Crippen molar-refractivity contribution in [2.24, 2.45) is 5.92 Å². The molecule has 0 bridgehead atoms. The number of hydrogen-bond acceptors (Lipinski definition) is 2. The van der Waals surface area contributed by atoms with E-state index in [1.54, 1.807) is 0 Å². The number of benzene rings is 1. The van der Waals surface area contributed by atoms with Gasteiger partial charge in [-0.1, -0.05) is 43.5 Å². The number of carboxylic acids is 1. The molecule has 1 fully saturated rings. The fraction of sp³-hybridized carbons (Fsp3) is 0.562.